The molecule has 0 saturated carbocycles. The fourth-order valence-electron chi connectivity index (χ4n) is 2.61. The lowest BCUT2D eigenvalue weighted by Crippen LogP contribution is -2.21. The SMILES string of the molecule is O=C(COc1ccccc1CNCc1ccc(Br)cc1)Nc1ccc(Cl)cc1. The van der Waals surface area contributed by atoms with Crippen molar-refractivity contribution in [2.45, 2.75) is 13.1 Å². The Morgan fingerprint density at radius 3 is 2.39 bits per heavy atom. The molecule has 3 aromatic rings. The number of ether oxygens (including phenoxy) is 1. The zero-order valence-electron chi connectivity index (χ0n) is 15.1. The van der Waals surface area contributed by atoms with E-state index in [0.717, 1.165) is 16.6 Å². The number of halogens is 2. The molecule has 0 aromatic heterocycles. The molecule has 0 heterocycles. The second-order valence-corrected chi connectivity index (χ2v) is 7.53. The van der Waals surface area contributed by atoms with Crippen LogP contribution in [-0.4, -0.2) is 12.5 Å². The maximum absolute atomic E-state index is 12.1. The van der Waals surface area contributed by atoms with Crippen molar-refractivity contribution in [1.29, 1.82) is 0 Å². The molecule has 144 valence electrons. The minimum Gasteiger partial charge on any atom is -0.483 e. The van der Waals surface area contributed by atoms with E-state index in [4.69, 9.17) is 16.3 Å². The van der Waals surface area contributed by atoms with Gasteiger partial charge in [0.25, 0.3) is 5.91 Å². The van der Waals surface area contributed by atoms with E-state index in [9.17, 15) is 4.79 Å². The molecule has 2 N–H and O–H groups in total. The number of benzene rings is 3. The van der Waals surface area contributed by atoms with Crippen molar-refractivity contribution in [1.82, 2.24) is 5.32 Å². The van der Waals surface area contributed by atoms with Crippen molar-refractivity contribution in [2.24, 2.45) is 0 Å². The molecule has 0 atom stereocenters. The van der Waals surface area contributed by atoms with Gasteiger partial charge in [0.15, 0.2) is 6.61 Å². The minimum absolute atomic E-state index is 0.0631. The van der Waals surface area contributed by atoms with Gasteiger partial charge in [-0.1, -0.05) is 57.9 Å². The van der Waals surface area contributed by atoms with Crippen LogP contribution in [0.2, 0.25) is 5.02 Å². The first-order chi connectivity index (χ1) is 13.6. The number of hydrogen-bond acceptors (Lipinski definition) is 3. The summed E-state index contributed by atoms with van der Waals surface area (Å²) in [6.07, 6.45) is 0. The molecule has 28 heavy (non-hydrogen) atoms. The molecule has 0 unspecified atom stereocenters. The number of amides is 1. The maximum Gasteiger partial charge on any atom is 0.262 e. The van der Waals surface area contributed by atoms with E-state index in [1.807, 2.05) is 36.4 Å². The number of hydrogen-bond donors (Lipinski definition) is 2. The van der Waals surface area contributed by atoms with Gasteiger partial charge in [-0.15, -0.1) is 0 Å². The molecule has 4 nitrogen and oxygen atoms in total. The van der Waals surface area contributed by atoms with Gasteiger partial charge in [0.1, 0.15) is 5.75 Å². The molecule has 0 fully saturated rings. The molecule has 1 amide bonds. The summed E-state index contributed by atoms with van der Waals surface area (Å²) in [5.74, 6) is 0.469. The summed E-state index contributed by atoms with van der Waals surface area (Å²) in [5, 5.41) is 6.81. The normalized spacial score (nSPS) is 10.5. The third-order valence-electron chi connectivity index (χ3n) is 4.02. The van der Waals surface area contributed by atoms with Crippen LogP contribution in [0.1, 0.15) is 11.1 Å². The Bertz CT molecular complexity index is 915. The van der Waals surface area contributed by atoms with Crippen molar-refractivity contribution in [3.63, 3.8) is 0 Å². The molecule has 0 bridgehead atoms. The van der Waals surface area contributed by atoms with Gasteiger partial charge in [-0.25, -0.2) is 0 Å². The zero-order valence-corrected chi connectivity index (χ0v) is 17.5. The highest BCUT2D eigenvalue weighted by Crippen LogP contribution is 2.19. The van der Waals surface area contributed by atoms with Gasteiger partial charge in [0.2, 0.25) is 0 Å². The number of nitrogens with one attached hydrogen (secondary N) is 2. The second kappa shape index (κ2) is 10.3. The van der Waals surface area contributed by atoms with Crippen molar-refractivity contribution in [2.75, 3.05) is 11.9 Å². The quantitative estimate of drug-likeness (QED) is 0.473. The largest absolute Gasteiger partial charge is 0.483 e. The van der Waals surface area contributed by atoms with Gasteiger partial charge in [-0.05, 0) is 48.0 Å². The Hall–Kier alpha value is -2.34. The lowest BCUT2D eigenvalue weighted by atomic mass is 10.2. The first-order valence-electron chi connectivity index (χ1n) is 8.81. The van der Waals surface area contributed by atoms with Crippen LogP contribution < -0.4 is 15.4 Å². The van der Waals surface area contributed by atoms with Crippen LogP contribution in [0.5, 0.6) is 5.75 Å². The van der Waals surface area contributed by atoms with Gasteiger partial charge in [0.05, 0.1) is 0 Å². The van der Waals surface area contributed by atoms with Gasteiger partial charge >= 0.3 is 0 Å². The van der Waals surface area contributed by atoms with Crippen molar-refractivity contribution in [3.05, 3.63) is 93.4 Å². The molecular weight excluding hydrogens is 440 g/mol. The van der Waals surface area contributed by atoms with E-state index < -0.39 is 0 Å². The summed E-state index contributed by atoms with van der Waals surface area (Å²) in [5.41, 5.74) is 2.88. The number of anilines is 1. The number of para-hydroxylation sites is 1. The molecule has 0 aliphatic carbocycles. The van der Waals surface area contributed by atoms with Crippen LogP contribution in [-0.2, 0) is 17.9 Å². The number of carbonyl (C=O) groups excluding carboxylic acids is 1. The smallest absolute Gasteiger partial charge is 0.262 e. The Labute approximate surface area is 178 Å². The predicted octanol–water partition coefficient (Wildman–Crippen LogP) is 5.41. The monoisotopic (exact) mass is 458 g/mol. The van der Waals surface area contributed by atoms with Gasteiger partial charge in [-0.3, -0.25) is 4.79 Å². The minimum atomic E-state index is -0.222. The lowest BCUT2D eigenvalue weighted by molar-refractivity contribution is -0.118. The Morgan fingerprint density at radius 2 is 1.64 bits per heavy atom. The Kier molecular flexibility index (Phi) is 7.48. The van der Waals surface area contributed by atoms with E-state index in [-0.39, 0.29) is 12.5 Å². The van der Waals surface area contributed by atoms with Crippen LogP contribution in [0.15, 0.2) is 77.3 Å². The van der Waals surface area contributed by atoms with Crippen molar-refractivity contribution < 1.29 is 9.53 Å². The summed E-state index contributed by atoms with van der Waals surface area (Å²) in [6.45, 7) is 1.33. The second-order valence-electron chi connectivity index (χ2n) is 6.18. The highest BCUT2D eigenvalue weighted by atomic mass is 79.9. The van der Waals surface area contributed by atoms with Crippen LogP contribution >= 0.6 is 27.5 Å². The maximum atomic E-state index is 12.1. The first-order valence-corrected chi connectivity index (χ1v) is 9.98. The van der Waals surface area contributed by atoms with Crippen molar-refractivity contribution in [3.8, 4) is 5.75 Å². The van der Waals surface area contributed by atoms with Crippen LogP contribution in [0.4, 0.5) is 5.69 Å². The summed E-state index contributed by atoms with van der Waals surface area (Å²) in [7, 11) is 0. The highest BCUT2D eigenvalue weighted by molar-refractivity contribution is 9.10. The topological polar surface area (TPSA) is 50.4 Å². The standard InChI is InChI=1S/C22H20BrClN2O2/c23-18-7-5-16(6-8-18)13-25-14-17-3-1-2-4-21(17)28-15-22(27)26-20-11-9-19(24)10-12-20/h1-12,25H,13-15H2,(H,26,27). The molecule has 0 spiro atoms. The molecule has 0 aliphatic heterocycles. The summed E-state index contributed by atoms with van der Waals surface area (Å²) in [4.78, 5) is 12.1. The summed E-state index contributed by atoms with van der Waals surface area (Å²) in [6, 6.07) is 22.8. The summed E-state index contributed by atoms with van der Waals surface area (Å²) >= 11 is 9.29. The molecule has 3 rings (SSSR count). The van der Waals surface area contributed by atoms with Gasteiger partial charge < -0.3 is 15.4 Å². The Balaban J connectivity index is 1.50. The fourth-order valence-corrected chi connectivity index (χ4v) is 3.00. The van der Waals surface area contributed by atoms with Gasteiger partial charge in [-0.2, -0.15) is 0 Å². The average molecular weight is 460 g/mol. The fraction of sp³-hybridized carbons (Fsp3) is 0.136. The van der Waals surface area contributed by atoms with Crippen LogP contribution in [0.25, 0.3) is 0 Å². The summed E-state index contributed by atoms with van der Waals surface area (Å²) < 4.78 is 6.79. The van der Waals surface area contributed by atoms with Crippen molar-refractivity contribution >= 4 is 39.1 Å². The zero-order chi connectivity index (χ0) is 19.8. The van der Waals surface area contributed by atoms with E-state index in [1.165, 1.54) is 5.56 Å². The highest BCUT2D eigenvalue weighted by Gasteiger charge is 2.07. The molecule has 0 saturated heterocycles. The molecule has 0 aliphatic rings. The third kappa shape index (κ3) is 6.37. The first kappa shape index (κ1) is 20.4. The van der Waals surface area contributed by atoms with E-state index in [0.29, 0.717) is 23.0 Å². The molecule has 6 heteroatoms. The number of rotatable bonds is 8. The van der Waals surface area contributed by atoms with E-state index in [1.54, 1.807) is 24.3 Å². The molecule has 3 aromatic carbocycles. The molecular formula is C22H20BrClN2O2. The lowest BCUT2D eigenvalue weighted by Gasteiger charge is -2.12. The van der Waals surface area contributed by atoms with E-state index >= 15 is 0 Å². The number of carbonyl (C=O) groups is 1. The average Bonchev–Trinajstić information content (AvgIpc) is 2.70. The van der Waals surface area contributed by atoms with Crippen LogP contribution in [0, 0.1) is 0 Å². The third-order valence-corrected chi connectivity index (χ3v) is 4.80. The molecule has 0 radical (unpaired) electrons. The Morgan fingerprint density at radius 1 is 0.929 bits per heavy atom. The predicted molar refractivity (Wildman–Crippen MR) is 117 cm³/mol. The van der Waals surface area contributed by atoms with E-state index in [2.05, 4.69) is 38.7 Å². The van der Waals surface area contributed by atoms with Gasteiger partial charge in [0, 0.05) is 33.8 Å². The van der Waals surface area contributed by atoms with Crippen LogP contribution in [0.3, 0.4) is 0 Å².